The standard InChI is InChI=1S/C9H16BrFO/c1-4-8(11)7(3)6-9(10)12-5-2/h9H,4-6H2,1-3H3/b8-7+. The summed E-state index contributed by atoms with van der Waals surface area (Å²) in [5, 5.41) is -0.0557. The highest BCUT2D eigenvalue weighted by Gasteiger charge is 2.06. The monoisotopic (exact) mass is 238 g/mol. The van der Waals surface area contributed by atoms with Crippen LogP contribution >= 0.6 is 15.9 Å². The maximum Gasteiger partial charge on any atom is 0.116 e. The molecule has 0 amide bonds. The van der Waals surface area contributed by atoms with Gasteiger partial charge in [-0.15, -0.1) is 0 Å². The van der Waals surface area contributed by atoms with Gasteiger partial charge in [-0.25, -0.2) is 4.39 Å². The molecule has 0 heterocycles. The molecule has 0 aliphatic heterocycles. The van der Waals surface area contributed by atoms with Gasteiger partial charge in [0.05, 0.1) is 5.83 Å². The normalized spacial score (nSPS) is 15.8. The van der Waals surface area contributed by atoms with Crippen LogP contribution in [0.1, 0.15) is 33.6 Å². The van der Waals surface area contributed by atoms with E-state index in [-0.39, 0.29) is 10.8 Å². The smallest absolute Gasteiger partial charge is 0.116 e. The minimum Gasteiger partial charge on any atom is -0.367 e. The van der Waals surface area contributed by atoms with Crippen LogP contribution in [0.15, 0.2) is 11.4 Å². The van der Waals surface area contributed by atoms with E-state index >= 15 is 0 Å². The lowest BCUT2D eigenvalue weighted by Gasteiger charge is -2.10. The van der Waals surface area contributed by atoms with Crippen LogP contribution < -0.4 is 0 Å². The number of halogens is 2. The Labute approximate surface area is 82.1 Å². The second-order valence-corrected chi connectivity index (χ2v) is 3.63. The van der Waals surface area contributed by atoms with Gasteiger partial charge >= 0.3 is 0 Å². The second kappa shape index (κ2) is 6.61. The number of ether oxygens (including phenoxy) is 1. The highest BCUT2D eigenvalue weighted by Crippen LogP contribution is 2.19. The van der Waals surface area contributed by atoms with Gasteiger partial charge in [0.15, 0.2) is 0 Å². The summed E-state index contributed by atoms with van der Waals surface area (Å²) in [6.07, 6.45) is 1.09. The first kappa shape index (κ1) is 12.1. The average Bonchev–Trinajstić information content (AvgIpc) is 2.03. The van der Waals surface area contributed by atoms with Crippen molar-refractivity contribution in [2.45, 2.75) is 38.6 Å². The molecule has 0 bridgehead atoms. The Morgan fingerprint density at radius 2 is 2.08 bits per heavy atom. The number of rotatable bonds is 5. The molecule has 1 atom stereocenters. The highest BCUT2D eigenvalue weighted by molar-refractivity contribution is 9.09. The Morgan fingerprint density at radius 1 is 1.50 bits per heavy atom. The van der Waals surface area contributed by atoms with E-state index in [2.05, 4.69) is 15.9 Å². The molecule has 0 spiro atoms. The zero-order chi connectivity index (χ0) is 9.56. The summed E-state index contributed by atoms with van der Waals surface area (Å²) in [6, 6.07) is 0. The van der Waals surface area contributed by atoms with Crippen molar-refractivity contribution < 1.29 is 9.13 Å². The minimum absolute atomic E-state index is 0.0286. The summed E-state index contributed by atoms with van der Waals surface area (Å²) >= 11 is 3.31. The molecule has 0 radical (unpaired) electrons. The fraction of sp³-hybridized carbons (Fsp3) is 0.778. The Kier molecular flexibility index (Phi) is 6.67. The Bertz CT molecular complexity index is 157. The average molecular weight is 239 g/mol. The van der Waals surface area contributed by atoms with Gasteiger partial charge < -0.3 is 4.74 Å². The lowest BCUT2D eigenvalue weighted by atomic mass is 10.2. The molecule has 0 saturated carbocycles. The molecule has 0 aromatic carbocycles. The second-order valence-electron chi connectivity index (χ2n) is 2.61. The van der Waals surface area contributed by atoms with Crippen molar-refractivity contribution in [2.75, 3.05) is 6.61 Å². The molecule has 0 fully saturated rings. The SMILES string of the molecule is CCOC(Br)C/C(C)=C(/F)CC. The molecule has 72 valence electrons. The molecule has 0 N–H and O–H groups in total. The van der Waals surface area contributed by atoms with Crippen molar-refractivity contribution in [3.8, 4) is 0 Å². The first-order valence-electron chi connectivity index (χ1n) is 4.21. The maximum absolute atomic E-state index is 12.9. The molecule has 0 aromatic heterocycles. The summed E-state index contributed by atoms with van der Waals surface area (Å²) in [7, 11) is 0. The van der Waals surface area contributed by atoms with E-state index in [1.54, 1.807) is 6.92 Å². The van der Waals surface area contributed by atoms with Crippen LogP contribution in [0.5, 0.6) is 0 Å². The molecule has 12 heavy (non-hydrogen) atoms. The third kappa shape index (κ3) is 4.88. The highest BCUT2D eigenvalue weighted by atomic mass is 79.9. The van der Waals surface area contributed by atoms with Gasteiger partial charge in [0.25, 0.3) is 0 Å². The van der Waals surface area contributed by atoms with Crippen molar-refractivity contribution >= 4 is 15.9 Å². The van der Waals surface area contributed by atoms with Gasteiger partial charge in [0.2, 0.25) is 0 Å². The van der Waals surface area contributed by atoms with Crippen LogP contribution in [0.4, 0.5) is 4.39 Å². The lowest BCUT2D eigenvalue weighted by molar-refractivity contribution is 0.129. The molecule has 3 heteroatoms. The zero-order valence-electron chi connectivity index (χ0n) is 7.86. The molecule has 0 rings (SSSR count). The maximum atomic E-state index is 12.9. The van der Waals surface area contributed by atoms with Gasteiger partial charge in [-0.05, 0) is 25.8 Å². The predicted octanol–water partition coefficient (Wildman–Crippen LogP) is 3.79. The van der Waals surface area contributed by atoms with Gasteiger partial charge in [-0.2, -0.15) is 0 Å². The first-order chi connectivity index (χ1) is 5.61. The summed E-state index contributed by atoms with van der Waals surface area (Å²) in [4.78, 5) is 0. The largest absolute Gasteiger partial charge is 0.367 e. The van der Waals surface area contributed by atoms with Crippen molar-refractivity contribution in [2.24, 2.45) is 0 Å². The molecular formula is C9H16BrFO. The Balaban J connectivity index is 3.90. The van der Waals surface area contributed by atoms with Crippen LogP contribution in [0.3, 0.4) is 0 Å². The van der Waals surface area contributed by atoms with Crippen LogP contribution in [-0.4, -0.2) is 11.6 Å². The molecule has 0 saturated heterocycles. The Hall–Kier alpha value is 0.110. The number of hydrogen-bond acceptors (Lipinski definition) is 1. The molecular weight excluding hydrogens is 223 g/mol. The van der Waals surface area contributed by atoms with E-state index in [1.165, 1.54) is 0 Å². The molecule has 0 aromatic rings. The van der Waals surface area contributed by atoms with Crippen LogP contribution in [0, 0.1) is 0 Å². The number of hydrogen-bond donors (Lipinski definition) is 0. The summed E-state index contributed by atoms with van der Waals surface area (Å²) in [6.45, 7) is 6.18. The molecule has 0 aliphatic carbocycles. The van der Waals surface area contributed by atoms with E-state index in [9.17, 15) is 4.39 Å². The first-order valence-corrected chi connectivity index (χ1v) is 5.13. The fourth-order valence-corrected chi connectivity index (χ4v) is 1.64. The number of alkyl halides is 1. The predicted molar refractivity (Wildman–Crippen MR) is 53.1 cm³/mol. The van der Waals surface area contributed by atoms with E-state index < -0.39 is 0 Å². The summed E-state index contributed by atoms with van der Waals surface area (Å²) in [5.41, 5.74) is 0.771. The van der Waals surface area contributed by atoms with E-state index in [1.807, 2.05) is 13.8 Å². The third-order valence-electron chi connectivity index (χ3n) is 1.59. The Morgan fingerprint density at radius 3 is 2.50 bits per heavy atom. The van der Waals surface area contributed by atoms with Crippen molar-refractivity contribution in [1.82, 2.24) is 0 Å². The van der Waals surface area contributed by atoms with Gasteiger partial charge in [0.1, 0.15) is 5.01 Å². The van der Waals surface area contributed by atoms with Crippen LogP contribution in [0.25, 0.3) is 0 Å². The molecule has 1 unspecified atom stereocenters. The molecule has 1 nitrogen and oxygen atoms in total. The van der Waals surface area contributed by atoms with E-state index in [4.69, 9.17) is 4.74 Å². The van der Waals surface area contributed by atoms with Crippen LogP contribution in [-0.2, 0) is 4.74 Å². The lowest BCUT2D eigenvalue weighted by Crippen LogP contribution is -2.04. The van der Waals surface area contributed by atoms with Crippen molar-refractivity contribution in [3.05, 3.63) is 11.4 Å². The quantitative estimate of drug-likeness (QED) is 0.663. The number of allylic oxidation sites excluding steroid dienone is 1. The van der Waals surface area contributed by atoms with Crippen molar-refractivity contribution in [3.63, 3.8) is 0 Å². The third-order valence-corrected chi connectivity index (χ3v) is 2.18. The summed E-state index contributed by atoms with van der Waals surface area (Å²) in [5.74, 6) is -0.0286. The minimum atomic E-state index is -0.0557. The van der Waals surface area contributed by atoms with E-state index in [0.29, 0.717) is 19.4 Å². The van der Waals surface area contributed by atoms with Gasteiger partial charge in [0, 0.05) is 13.0 Å². The topological polar surface area (TPSA) is 9.23 Å². The van der Waals surface area contributed by atoms with Gasteiger partial charge in [-0.3, -0.25) is 0 Å². The van der Waals surface area contributed by atoms with E-state index in [0.717, 1.165) is 5.57 Å². The molecule has 0 aliphatic rings. The van der Waals surface area contributed by atoms with Crippen molar-refractivity contribution in [1.29, 1.82) is 0 Å². The fourth-order valence-electron chi connectivity index (χ4n) is 0.893. The van der Waals surface area contributed by atoms with Gasteiger partial charge in [-0.1, -0.05) is 22.9 Å². The summed E-state index contributed by atoms with van der Waals surface area (Å²) < 4.78 is 18.2. The van der Waals surface area contributed by atoms with Crippen LogP contribution in [0.2, 0.25) is 0 Å². The zero-order valence-corrected chi connectivity index (χ0v) is 9.45.